The minimum Gasteiger partial charge on any atom is -0.497 e. The second-order valence-corrected chi connectivity index (χ2v) is 2.82. The Kier molecular flexibility index (Phi) is 2.51. The second kappa shape index (κ2) is 3.21. The maximum absolute atomic E-state index is 4.97. The van der Waals surface area contributed by atoms with Crippen LogP contribution in [-0.2, 0) is 0 Å². The minimum atomic E-state index is 0.808. The van der Waals surface area contributed by atoms with Gasteiger partial charge in [0.25, 0.3) is 0 Å². The van der Waals surface area contributed by atoms with Gasteiger partial charge in [-0.25, -0.2) is 0 Å². The first-order valence-electron chi connectivity index (χ1n) is 2.80. The van der Waals surface area contributed by atoms with Crippen molar-refractivity contribution in [2.45, 2.75) is 9.79 Å². The van der Waals surface area contributed by atoms with Crippen LogP contribution >= 0.6 is 25.3 Å². The molecule has 0 saturated carbocycles. The summed E-state index contributed by atoms with van der Waals surface area (Å²) in [5.74, 6) is 0.808. The van der Waals surface area contributed by atoms with E-state index in [1.807, 2.05) is 18.2 Å². The number of rotatable bonds is 1. The van der Waals surface area contributed by atoms with Crippen molar-refractivity contribution in [3.63, 3.8) is 0 Å². The summed E-state index contributed by atoms with van der Waals surface area (Å²) in [7, 11) is 1.63. The van der Waals surface area contributed by atoms with Gasteiger partial charge < -0.3 is 4.74 Å². The van der Waals surface area contributed by atoms with Crippen LogP contribution in [-0.4, -0.2) is 7.11 Å². The molecule has 0 aliphatic heterocycles. The van der Waals surface area contributed by atoms with E-state index in [4.69, 9.17) is 4.74 Å². The third kappa shape index (κ3) is 1.61. The van der Waals surface area contributed by atoms with Crippen molar-refractivity contribution in [1.29, 1.82) is 0 Å². The zero-order valence-electron chi connectivity index (χ0n) is 5.53. The molecule has 0 saturated heterocycles. The summed E-state index contributed by atoms with van der Waals surface area (Å²) in [4.78, 5) is 1.70. The van der Waals surface area contributed by atoms with Crippen LogP contribution in [0.25, 0.3) is 0 Å². The number of ether oxygens (including phenoxy) is 1. The monoisotopic (exact) mass is 172 g/mol. The van der Waals surface area contributed by atoms with E-state index in [0.29, 0.717) is 0 Å². The number of hydrogen-bond donors (Lipinski definition) is 2. The Morgan fingerprint density at radius 1 is 1.20 bits per heavy atom. The highest BCUT2D eigenvalue weighted by Gasteiger charge is 1.94. The van der Waals surface area contributed by atoms with Gasteiger partial charge in [0.2, 0.25) is 0 Å². The van der Waals surface area contributed by atoms with E-state index in [9.17, 15) is 0 Å². The molecule has 0 unspecified atom stereocenters. The van der Waals surface area contributed by atoms with Crippen molar-refractivity contribution in [3.05, 3.63) is 18.2 Å². The molecule has 10 heavy (non-hydrogen) atoms. The van der Waals surface area contributed by atoms with E-state index in [-0.39, 0.29) is 0 Å². The van der Waals surface area contributed by atoms with Gasteiger partial charge in [-0.1, -0.05) is 0 Å². The summed E-state index contributed by atoms with van der Waals surface area (Å²) in [6.07, 6.45) is 0. The molecule has 1 aromatic carbocycles. The first-order valence-corrected chi connectivity index (χ1v) is 3.69. The SMILES string of the molecule is COc1ccc(S)c(S)c1. The molecule has 1 rings (SSSR count). The number of hydrogen-bond acceptors (Lipinski definition) is 3. The number of methoxy groups -OCH3 is 1. The second-order valence-electron chi connectivity index (χ2n) is 1.85. The summed E-state index contributed by atoms with van der Waals surface area (Å²) >= 11 is 8.32. The lowest BCUT2D eigenvalue weighted by atomic mass is 10.3. The average Bonchev–Trinajstić information content (AvgIpc) is 1.95. The molecule has 0 aliphatic rings. The molecule has 0 heterocycles. The van der Waals surface area contributed by atoms with Crippen molar-refractivity contribution < 1.29 is 4.74 Å². The number of benzene rings is 1. The van der Waals surface area contributed by atoms with Gasteiger partial charge >= 0.3 is 0 Å². The van der Waals surface area contributed by atoms with Crippen molar-refractivity contribution in [2.24, 2.45) is 0 Å². The molecular weight excluding hydrogens is 164 g/mol. The minimum absolute atomic E-state index is 0.808. The van der Waals surface area contributed by atoms with Crippen LogP contribution in [0.5, 0.6) is 5.75 Å². The van der Waals surface area contributed by atoms with Crippen LogP contribution in [0, 0.1) is 0 Å². The Bertz CT molecular complexity index is 235. The van der Waals surface area contributed by atoms with Crippen LogP contribution in [0.2, 0.25) is 0 Å². The Hall–Kier alpha value is -0.280. The van der Waals surface area contributed by atoms with Crippen LogP contribution < -0.4 is 4.74 Å². The van der Waals surface area contributed by atoms with E-state index in [0.717, 1.165) is 15.5 Å². The lowest BCUT2D eigenvalue weighted by Gasteiger charge is -2.01. The van der Waals surface area contributed by atoms with E-state index in [2.05, 4.69) is 25.3 Å². The molecule has 0 aliphatic carbocycles. The fraction of sp³-hybridized carbons (Fsp3) is 0.143. The van der Waals surface area contributed by atoms with Crippen LogP contribution in [0.4, 0.5) is 0 Å². The molecule has 1 nitrogen and oxygen atoms in total. The fourth-order valence-electron chi connectivity index (χ4n) is 0.630. The molecule has 0 radical (unpaired) electrons. The van der Waals surface area contributed by atoms with Crippen molar-refractivity contribution in [3.8, 4) is 5.75 Å². The molecular formula is C7H8OS2. The normalized spacial score (nSPS) is 9.50. The van der Waals surface area contributed by atoms with Gasteiger partial charge in [-0.15, -0.1) is 25.3 Å². The largest absolute Gasteiger partial charge is 0.497 e. The molecule has 1 aromatic rings. The molecule has 0 amide bonds. The molecule has 0 bridgehead atoms. The van der Waals surface area contributed by atoms with Gasteiger partial charge in [0.1, 0.15) is 5.75 Å². The predicted molar refractivity (Wildman–Crippen MR) is 47.5 cm³/mol. The Labute approximate surface area is 71.2 Å². The Morgan fingerprint density at radius 2 is 1.90 bits per heavy atom. The summed E-state index contributed by atoms with van der Waals surface area (Å²) in [6, 6.07) is 5.53. The topological polar surface area (TPSA) is 9.23 Å². The predicted octanol–water partition coefficient (Wildman–Crippen LogP) is 2.27. The quantitative estimate of drug-likeness (QED) is 0.618. The zero-order valence-corrected chi connectivity index (χ0v) is 7.32. The van der Waals surface area contributed by atoms with Crippen molar-refractivity contribution in [1.82, 2.24) is 0 Å². The smallest absolute Gasteiger partial charge is 0.120 e. The molecule has 3 heteroatoms. The van der Waals surface area contributed by atoms with E-state index in [1.165, 1.54) is 0 Å². The first kappa shape index (κ1) is 7.82. The molecule has 0 atom stereocenters. The Morgan fingerprint density at radius 3 is 2.40 bits per heavy atom. The average molecular weight is 172 g/mol. The summed E-state index contributed by atoms with van der Waals surface area (Å²) in [5, 5.41) is 0. The van der Waals surface area contributed by atoms with Crippen LogP contribution in [0.15, 0.2) is 28.0 Å². The van der Waals surface area contributed by atoms with E-state index >= 15 is 0 Å². The Balaban J connectivity index is 3.04. The molecule has 0 N–H and O–H groups in total. The fourth-order valence-corrected chi connectivity index (χ4v) is 0.971. The third-order valence-corrected chi connectivity index (χ3v) is 2.12. The lowest BCUT2D eigenvalue weighted by Crippen LogP contribution is -1.81. The zero-order chi connectivity index (χ0) is 7.56. The summed E-state index contributed by atoms with van der Waals surface area (Å²) in [6.45, 7) is 0. The molecule has 54 valence electrons. The summed E-state index contributed by atoms with van der Waals surface area (Å²) in [5.41, 5.74) is 0. The number of thiol groups is 2. The lowest BCUT2D eigenvalue weighted by molar-refractivity contribution is 0.413. The third-order valence-electron chi connectivity index (χ3n) is 1.18. The van der Waals surface area contributed by atoms with Crippen molar-refractivity contribution in [2.75, 3.05) is 7.11 Å². The first-order chi connectivity index (χ1) is 4.74. The van der Waals surface area contributed by atoms with Gasteiger partial charge in [-0.3, -0.25) is 0 Å². The van der Waals surface area contributed by atoms with Gasteiger partial charge in [0.15, 0.2) is 0 Å². The molecule has 0 spiro atoms. The maximum atomic E-state index is 4.97. The highest BCUT2D eigenvalue weighted by atomic mass is 32.1. The van der Waals surface area contributed by atoms with Gasteiger partial charge in [-0.05, 0) is 18.2 Å². The van der Waals surface area contributed by atoms with Gasteiger partial charge in [-0.2, -0.15) is 0 Å². The van der Waals surface area contributed by atoms with Crippen LogP contribution in [0.3, 0.4) is 0 Å². The van der Waals surface area contributed by atoms with Gasteiger partial charge in [0, 0.05) is 9.79 Å². The van der Waals surface area contributed by atoms with Crippen LogP contribution in [0.1, 0.15) is 0 Å². The van der Waals surface area contributed by atoms with E-state index < -0.39 is 0 Å². The van der Waals surface area contributed by atoms with Crippen molar-refractivity contribution >= 4 is 25.3 Å². The standard InChI is InChI=1S/C7H8OS2/c1-8-5-2-3-6(9)7(10)4-5/h2-4,9-10H,1H3. The highest BCUT2D eigenvalue weighted by molar-refractivity contribution is 7.83. The highest BCUT2D eigenvalue weighted by Crippen LogP contribution is 2.22. The maximum Gasteiger partial charge on any atom is 0.120 e. The van der Waals surface area contributed by atoms with E-state index in [1.54, 1.807) is 7.11 Å². The molecule has 0 aromatic heterocycles. The molecule has 0 fully saturated rings. The van der Waals surface area contributed by atoms with Gasteiger partial charge in [0.05, 0.1) is 7.11 Å². The summed E-state index contributed by atoms with van der Waals surface area (Å²) < 4.78 is 4.97.